The Balaban J connectivity index is 0.000000269. The Hall–Kier alpha value is -4.10. The number of carbonyl (C=O) groups excluding carboxylic acids is 1. The second kappa shape index (κ2) is 20.6. The van der Waals surface area contributed by atoms with Gasteiger partial charge in [0.1, 0.15) is 20.5 Å². The van der Waals surface area contributed by atoms with Crippen LogP contribution in [-0.4, -0.2) is 88.1 Å². The molecule has 2 atom stereocenters. The Morgan fingerprint density at radius 1 is 0.645 bits per heavy atom. The van der Waals surface area contributed by atoms with Gasteiger partial charge in [0.25, 0.3) is 20.0 Å². The Kier molecular flexibility index (Phi) is 16.8. The summed E-state index contributed by atoms with van der Waals surface area (Å²) in [6, 6.07) is 11.7. The molecule has 2 saturated heterocycles. The zero-order valence-electron chi connectivity index (χ0n) is 32.4. The fourth-order valence-corrected chi connectivity index (χ4v) is 11.9. The molecule has 4 heterocycles. The highest BCUT2D eigenvalue weighted by Gasteiger charge is 2.37. The van der Waals surface area contributed by atoms with Crippen molar-refractivity contribution < 1.29 is 67.8 Å². The van der Waals surface area contributed by atoms with E-state index in [1.54, 1.807) is 4.90 Å². The van der Waals surface area contributed by atoms with Gasteiger partial charge >= 0.3 is 24.3 Å². The van der Waals surface area contributed by atoms with Gasteiger partial charge in [-0.3, -0.25) is 14.4 Å². The molecule has 2 aliphatic rings. The molecule has 4 aromatic rings. The second-order valence-electron chi connectivity index (χ2n) is 14.2. The fraction of sp³-hybridized carbons (Fsp3) is 0.395. The number of piperidine rings is 2. The number of hydrogen-bond acceptors (Lipinski definition) is 10. The maximum atomic E-state index is 12.8. The van der Waals surface area contributed by atoms with Gasteiger partial charge in [-0.15, -0.1) is 35.1 Å². The Morgan fingerprint density at radius 3 is 1.32 bits per heavy atom. The molecule has 2 aliphatic heterocycles. The smallest absolute Gasteiger partial charge is 0.416 e. The molecule has 62 heavy (non-hydrogen) atoms. The third kappa shape index (κ3) is 13.0. The zero-order valence-corrected chi connectivity index (χ0v) is 36.5. The van der Waals surface area contributed by atoms with Crippen LogP contribution in [0.15, 0.2) is 81.2 Å². The Morgan fingerprint density at radius 2 is 1.00 bits per heavy atom. The molecule has 6 rings (SSSR count). The van der Waals surface area contributed by atoms with E-state index < -0.39 is 73.5 Å². The molecular formula is C38H41ClF6N4O9S4. The van der Waals surface area contributed by atoms with E-state index in [1.165, 1.54) is 55.5 Å². The number of carboxylic acid groups (broad SMARTS) is 2. The van der Waals surface area contributed by atoms with E-state index in [1.807, 2.05) is 0 Å². The van der Waals surface area contributed by atoms with E-state index in [-0.39, 0.29) is 32.7 Å². The van der Waals surface area contributed by atoms with E-state index in [2.05, 4.69) is 14.8 Å². The van der Waals surface area contributed by atoms with Crippen molar-refractivity contribution in [3.8, 4) is 20.9 Å². The molecule has 2 aromatic heterocycles. The first-order valence-corrected chi connectivity index (χ1v) is 23.1. The van der Waals surface area contributed by atoms with Crippen LogP contribution in [0, 0.1) is 11.8 Å². The molecule has 0 spiro atoms. The van der Waals surface area contributed by atoms with Gasteiger partial charge in [0, 0.05) is 29.8 Å². The summed E-state index contributed by atoms with van der Waals surface area (Å²) in [4.78, 5) is 37.3. The minimum atomic E-state index is -4.47. The van der Waals surface area contributed by atoms with E-state index >= 15 is 0 Å². The molecule has 24 heteroatoms. The molecule has 2 fully saturated rings. The van der Waals surface area contributed by atoms with Crippen LogP contribution in [-0.2, 0) is 46.8 Å². The third-order valence-electron chi connectivity index (χ3n) is 10.1. The minimum absolute atomic E-state index is 0. The van der Waals surface area contributed by atoms with Crippen molar-refractivity contribution in [1.82, 2.24) is 19.7 Å². The number of aliphatic carboxylic acids is 2. The Labute approximate surface area is 367 Å². The van der Waals surface area contributed by atoms with Gasteiger partial charge in [0.05, 0.1) is 11.1 Å². The van der Waals surface area contributed by atoms with Crippen molar-refractivity contribution in [2.45, 2.75) is 65.5 Å². The molecule has 5 N–H and O–H groups in total. The van der Waals surface area contributed by atoms with Gasteiger partial charge in [-0.05, 0) is 110 Å². The van der Waals surface area contributed by atoms with E-state index in [0.717, 1.165) is 46.9 Å². The topological polar surface area (TPSA) is 199 Å². The van der Waals surface area contributed by atoms with Crippen LogP contribution in [0.5, 0.6) is 0 Å². The lowest BCUT2D eigenvalue weighted by molar-refractivity contribution is -0.142. The van der Waals surface area contributed by atoms with Gasteiger partial charge < -0.3 is 20.4 Å². The average Bonchev–Trinajstić information content (AvgIpc) is 3.92. The summed E-state index contributed by atoms with van der Waals surface area (Å²) in [7, 11) is -8.26. The highest BCUT2D eigenvalue weighted by Crippen LogP contribution is 2.36. The SMILES string of the molecule is CC(=O)N1CCC([C@@H](NS(=O)(=O)c2ccc(-c3ccc(C(F)(F)F)cc3)s2)C(=O)O)CC1.Cl.O=C(O)[C@H](NS(=O)(=O)c1ccc(-c2ccc(C(F)(F)F)cc2)s1)C1CCNCC1. The van der Waals surface area contributed by atoms with E-state index in [9.17, 15) is 67.8 Å². The normalized spacial score (nSPS) is 16.7. The first-order valence-electron chi connectivity index (χ1n) is 18.5. The summed E-state index contributed by atoms with van der Waals surface area (Å²) >= 11 is 1.70. The predicted molar refractivity (Wildman–Crippen MR) is 221 cm³/mol. The van der Waals surface area contributed by atoms with Crippen LogP contribution in [0.25, 0.3) is 20.9 Å². The first-order chi connectivity index (χ1) is 28.5. The van der Waals surface area contributed by atoms with Crippen molar-refractivity contribution in [3.63, 3.8) is 0 Å². The predicted octanol–water partition coefficient (Wildman–Crippen LogP) is 7.01. The van der Waals surface area contributed by atoms with Gasteiger partial charge in [-0.2, -0.15) is 35.8 Å². The summed E-state index contributed by atoms with van der Waals surface area (Å²) < 4.78 is 132. The molecule has 0 saturated carbocycles. The maximum absolute atomic E-state index is 12.8. The van der Waals surface area contributed by atoms with Crippen molar-refractivity contribution in [1.29, 1.82) is 0 Å². The molecule has 0 radical (unpaired) electrons. The van der Waals surface area contributed by atoms with Crippen molar-refractivity contribution >= 4 is 73.0 Å². The van der Waals surface area contributed by atoms with Crippen LogP contribution in [0.4, 0.5) is 26.3 Å². The van der Waals surface area contributed by atoms with E-state index in [0.29, 0.717) is 72.7 Å². The van der Waals surface area contributed by atoms with Gasteiger partial charge in [-0.25, -0.2) is 16.8 Å². The van der Waals surface area contributed by atoms with Crippen molar-refractivity contribution in [2.24, 2.45) is 11.8 Å². The van der Waals surface area contributed by atoms with Gasteiger partial charge in [0.15, 0.2) is 0 Å². The lowest BCUT2D eigenvalue weighted by Crippen LogP contribution is -2.49. The van der Waals surface area contributed by atoms with Crippen LogP contribution < -0.4 is 14.8 Å². The Bertz CT molecular complexity index is 2400. The molecule has 0 unspecified atom stereocenters. The number of amides is 1. The number of nitrogens with one attached hydrogen (secondary N) is 3. The number of sulfonamides is 2. The number of rotatable bonds is 12. The van der Waals surface area contributed by atoms with Crippen LogP contribution in [0.2, 0.25) is 0 Å². The first kappa shape index (κ1) is 50.5. The number of alkyl halides is 6. The number of likely N-dealkylation sites (tertiary alicyclic amines) is 1. The highest BCUT2D eigenvalue weighted by atomic mass is 35.5. The van der Waals surface area contributed by atoms with Crippen LogP contribution in [0.3, 0.4) is 0 Å². The van der Waals surface area contributed by atoms with E-state index in [4.69, 9.17) is 0 Å². The number of carboxylic acids is 2. The largest absolute Gasteiger partial charge is 0.480 e. The standard InChI is InChI=1S/C20H21F3N2O5S2.C18H19F3N2O4S2.ClH/c1-12(26)25-10-8-14(9-11-25)18(19(27)28)24-32(29,30)17-7-6-16(31-17)13-2-4-15(5-3-13)20(21,22)23;19-18(20,21)13-3-1-11(2-4-13)14-5-6-15(28-14)29(26,27)23-16(17(24)25)12-7-9-22-10-8-12;/h2-7,14,18,24H,8-11H2,1H3,(H,27,28);1-6,12,16,22-23H,7-10H2,(H,24,25);1H/t18-;16-;/m11./s1. The van der Waals surface area contributed by atoms with Crippen molar-refractivity contribution in [3.05, 3.63) is 83.9 Å². The lowest BCUT2D eigenvalue weighted by atomic mass is 9.90. The zero-order chi connectivity index (χ0) is 44.9. The molecule has 340 valence electrons. The third-order valence-corrected chi connectivity index (χ3v) is 16.2. The molecule has 0 bridgehead atoms. The fourth-order valence-electron chi connectivity index (χ4n) is 6.76. The van der Waals surface area contributed by atoms with Gasteiger partial charge in [-0.1, -0.05) is 24.3 Å². The van der Waals surface area contributed by atoms with Gasteiger partial charge in [0.2, 0.25) is 5.91 Å². The minimum Gasteiger partial charge on any atom is -0.480 e. The number of nitrogens with zero attached hydrogens (tertiary/aromatic N) is 1. The summed E-state index contributed by atoms with van der Waals surface area (Å²) in [6.45, 7) is 3.36. The number of thiophene rings is 2. The number of halogens is 7. The quantitative estimate of drug-likeness (QED) is 0.0921. The number of carbonyl (C=O) groups is 3. The molecular weight excluding hydrogens is 934 g/mol. The monoisotopic (exact) mass is 974 g/mol. The van der Waals surface area contributed by atoms with Crippen molar-refractivity contribution in [2.75, 3.05) is 26.2 Å². The van der Waals surface area contributed by atoms with Crippen LogP contribution >= 0.6 is 35.1 Å². The molecule has 0 aliphatic carbocycles. The van der Waals surface area contributed by atoms with Crippen LogP contribution in [0.1, 0.15) is 43.7 Å². The molecule has 2 aromatic carbocycles. The number of benzene rings is 2. The summed E-state index contributed by atoms with van der Waals surface area (Å²) in [5.74, 6) is -3.47. The average molecular weight is 975 g/mol. The lowest BCUT2D eigenvalue weighted by Gasteiger charge is -2.34. The number of hydrogen-bond donors (Lipinski definition) is 5. The summed E-state index contributed by atoms with van der Waals surface area (Å²) in [5.41, 5.74) is -0.751. The molecule has 13 nitrogen and oxygen atoms in total. The second-order valence-corrected chi connectivity index (χ2v) is 20.2. The summed E-state index contributed by atoms with van der Waals surface area (Å²) in [5, 5.41) is 22.2. The summed E-state index contributed by atoms with van der Waals surface area (Å²) in [6.07, 6.45) is -7.15. The molecule has 1 amide bonds. The maximum Gasteiger partial charge on any atom is 0.416 e. The highest BCUT2D eigenvalue weighted by molar-refractivity contribution is 7.92.